The van der Waals surface area contributed by atoms with Crippen LogP contribution in [0.2, 0.25) is 0 Å². The van der Waals surface area contributed by atoms with Gasteiger partial charge in [0, 0.05) is 19.5 Å². The summed E-state index contributed by atoms with van der Waals surface area (Å²) in [7, 11) is 0. The number of rotatable bonds is 4. The number of hydrogen-bond acceptors (Lipinski definition) is 4. The van der Waals surface area contributed by atoms with Crippen molar-refractivity contribution in [3.05, 3.63) is 65.7 Å². The second-order valence-corrected chi connectivity index (χ2v) is 6.75. The largest absolute Gasteiger partial charge is 0.387 e. The molecule has 2 aromatic carbocycles. The highest BCUT2D eigenvalue weighted by atomic mass is 16.6. The SMILES string of the molecule is O=C(Nc1ccccc1C(=O)N1CCCC1)C1=NO[C@@H](c2ccccc2)C1. The molecule has 1 atom stereocenters. The Kier molecular flexibility index (Phi) is 4.87. The highest BCUT2D eigenvalue weighted by Gasteiger charge is 2.28. The maximum atomic E-state index is 12.7. The van der Waals surface area contributed by atoms with Crippen molar-refractivity contribution in [3.63, 3.8) is 0 Å². The highest BCUT2D eigenvalue weighted by Crippen LogP contribution is 2.28. The molecule has 27 heavy (non-hydrogen) atoms. The van der Waals surface area contributed by atoms with Gasteiger partial charge in [-0.05, 0) is 30.5 Å². The van der Waals surface area contributed by atoms with Crippen molar-refractivity contribution in [1.29, 1.82) is 0 Å². The van der Waals surface area contributed by atoms with Gasteiger partial charge in [-0.2, -0.15) is 0 Å². The molecule has 4 rings (SSSR count). The number of anilines is 1. The molecule has 138 valence electrons. The van der Waals surface area contributed by atoms with Crippen LogP contribution in [0, 0.1) is 0 Å². The van der Waals surface area contributed by atoms with Crippen LogP contribution in [0.4, 0.5) is 5.69 Å². The van der Waals surface area contributed by atoms with Crippen molar-refractivity contribution in [2.75, 3.05) is 18.4 Å². The topological polar surface area (TPSA) is 71.0 Å². The van der Waals surface area contributed by atoms with Crippen molar-refractivity contribution in [2.45, 2.75) is 25.4 Å². The molecule has 1 N–H and O–H groups in total. The van der Waals surface area contributed by atoms with Crippen LogP contribution in [-0.4, -0.2) is 35.5 Å². The molecule has 1 fully saturated rings. The van der Waals surface area contributed by atoms with Gasteiger partial charge in [0.25, 0.3) is 11.8 Å². The number of nitrogens with one attached hydrogen (secondary N) is 1. The first-order chi connectivity index (χ1) is 13.2. The lowest BCUT2D eigenvalue weighted by Gasteiger charge is -2.17. The van der Waals surface area contributed by atoms with Gasteiger partial charge in [-0.1, -0.05) is 47.6 Å². The molecule has 6 heteroatoms. The first-order valence-electron chi connectivity index (χ1n) is 9.19. The summed E-state index contributed by atoms with van der Waals surface area (Å²) in [6, 6.07) is 16.8. The van der Waals surface area contributed by atoms with E-state index >= 15 is 0 Å². The van der Waals surface area contributed by atoms with E-state index in [0.717, 1.165) is 31.5 Å². The molecule has 2 heterocycles. The second kappa shape index (κ2) is 7.61. The maximum absolute atomic E-state index is 12.7. The molecule has 0 aliphatic carbocycles. The van der Waals surface area contributed by atoms with Crippen molar-refractivity contribution in [1.82, 2.24) is 4.90 Å². The van der Waals surface area contributed by atoms with E-state index in [9.17, 15) is 9.59 Å². The average Bonchev–Trinajstić information content (AvgIpc) is 3.41. The monoisotopic (exact) mass is 363 g/mol. The molecule has 2 aliphatic heterocycles. The third-order valence-corrected chi connectivity index (χ3v) is 4.90. The van der Waals surface area contributed by atoms with Crippen molar-refractivity contribution in [3.8, 4) is 0 Å². The van der Waals surface area contributed by atoms with Gasteiger partial charge < -0.3 is 15.1 Å². The summed E-state index contributed by atoms with van der Waals surface area (Å²) < 4.78 is 0. The molecule has 0 saturated carbocycles. The van der Waals surface area contributed by atoms with Gasteiger partial charge in [-0.15, -0.1) is 0 Å². The molecule has 0 aromatic heterocycles. The average molecular weight is 363 g/mol. The Labute approximate surface area is 157 Å². The van der Waals surface area contributed by atoms with E-state index < -0.39 is 0 Å². The molecule has 0 bridgehead atoms. The molecule has 0 unspecified atom stereocenters. The van der Waals surface area contributed by atoms with Crippen LogP contribution in [-0.2, 0) is 9.63 Å². The zero-order valence-electron chi connectivity index (χ0n) is 14.9. The Morgan fingerprint density at radius 1 is 1.00 bits per heavy atom. The van der Waals surface area contributed by atoms with Crippen LogP contribution in [0.3, 0.4) is 0 Å². The Balaban J connectivity index is 1.45. The zero-order chi connectivity index (χ0) is 18.6. The van der Waals surface area contributed by atoms with Gasteiger partial charge in [0.15, 0.2) is 6.10 Å². The number of likely N-dealkylation sites (tertiary alicyclic amines) is 1. The van der Waals surface area contributed by atoms with E-state index in [2.05, 4.69) is 10.5 Å². The van der Waals surface area contributed by atoms with Crippen molar-refractivity contribution < 1.29 is 14.4 Å². The van der Waals surface area contributed by atoms with Crippen LogP contribution < -0.4 is 5.32 Å². The van der Waals surface area contributed by atoms with E-state index in [1.54, 1.807) is 24.3 Å². The number of oxime groups is 1. The van der Waals surface area contributed by atoms with Crippen LogP contribution in [0.5, 0.6) is 0 Å². The third-order valence-electron chi connectivity index (χ3n) is 4.90. The van der Waals surface area contributed by atoms with Crippen molar-refractivity contribution in [2.24, 2.45) is 5.16 Å². The number of nitrogens with zero attached hydrogens (tertiary/aromatic N) is 2. The van der Waals surface area contributed by atoms with Crippen LogP contribution >= 0.6 is 0 Å². The Hall–Kier alpha value is -3.15. The number of amides is 2. The normalized spacial score (nSPS) is 18.7. The minimum absolute atomic E-state index is 0.0461. The minimum atomic E-state index is -0.338. The fourth-order valence-corrected chi connectivity index (χ4v) is 3.42. The molecule has 2 aliphatic rings. The van der Waals surface area contributed by atoms with Crippen LogP contribution in [0.1, 0.15) is 41.3 Å². The smallest absolute Gasteiger partial charge is 0.273 e. The first-order valence-corrected chi connectivity index (χ1v) is 9.19. The predicted octanol–water partition coefficient (Wildman–Crippen LogP) is 3.38. The van der Waals surface area contributed by atoms with Crippen LogP contribution in [0.25, 0.3) is 0 Å². The van der Waals surface area contributed by atoms with E-state index in [-0.39, 0.29) is 17.9 Å². The summed E-state index contributed by atoms with van der Waals surface area (Å²) in [5.41, 5.74) is 2.32. The van der Waals surface area contributed by atoms with E-state index in [1.165, 1.54) is 0 Å². The van der Waals surface area contributed by atoms with Gasteiger partial charge in [0.1, 0.15) is 5.71 Å². The molecular weight excluding hydrogens is 342 g/mol. The summed E-state index contributed by atoms with van der Waals surface area (Å²) in [6.45, 7) is 1.53. The van der Waals surface area contributed by atoms with E-state index in [0.29, 0.717) is 23.4 Å². The van der Waals surface area contributed by atoms with Gasteiger partial charge in [-0.25, -0.2) is 0 Å². The number of hydrogen-bond donors (Lipinski definition) is 1. The Bertz CT molecular complexity index is 873. The summed E-state index contributed by atoms with van der Waals surface area (Å²) in [5.74, 6) is -0.384. The second-order valence-electron chi connectivity index (χ2n) is 6.75. The van der Waals surface area contributed by atoms with Gasteiger partial charge >= 0.3 is 0 Å². The fourth-order valence-electron chi connectivity index (χ4n) is 3.42. The van der Waals surface area contributed by atoms with Gasteiger partial charge in [0.2, 0.25) is 0 Å². The lowest BCUT2D eigenvalue weighted by molar-refractivity contribution is -0.110. The molecule has 1 saturated heterocycles. The quantitative estimate of drug-likeness (QED) is 0.905. The summed E-state index contributed by atoms with van der Waals surface area (Å²) in [6.07, 6.45) is 2.19. The standard InChI is InChI=1S/C21H21N3O3/c25-20(18-14-19(27-23-18)15-8-2-1-3-9-15)22-17-11-5-4-10-16(17)21(26)24-12-6-7-13-24/h1-5,8-11,19H,6-7,12-14H2,(H,22,25)/t19-/m1/s1. The fraction of sp³-hybridized carbons (Fsp3) is 0.286. The molecule has 0 radical (unpaired) electrons. The molecular formula is C21H21N3O3. The highest BCUT2D eigenvalue weighted by molar-refractivity contribution is 6.43. The number of benzene rings is 2. The molecule has 2 aromatic rings. The lowest BCUT2D eigenvalue weighted by atomic mass is 10.0. The van der Waals surface area contributed by atoms with Crippen molar-refractivity contribution >= 4 is 23.2 Å². The minimum Gasteiger partial charge on any atom is -0.387 e. The van der Waals surface area contributed by atoms with Gasteiger partial charge in [0.05, 0.1) is 11.3 Å². The molecule has 6 nitrogen and oxygen atoms in total. The summed E-state index contributed by atoms with van der Waals surface area (Å²) in [4.78, 5) is 32.6. The van der Waals surface area contributed by atoms with Gasteiger partial charge in [-0.3, -0.25) is 9.59 Å². The number of para-hydroxylation sites is 1. The zero-order valence-corrected chi connectivity index (χ0v) is 14.9. The predicted molar refractivity (Wildman–Crippen MR) is 103 cm³/mol. The number of carbonyl (C=O) groups is 2. The maximum Gasteiger partial charge on any atom is 0.273 e. The first kappa shape index (κ1) is 17.3. The Morgan fingerprint density at radius 3 is 2.48 bits per heavy atom. The number of carbonyl (C=O) groups excluding carboxylic acids is 2. The third kappa shape index (κ3) is 3.69. The summed E-state index contributed by atoms with van der Waals surface area (Å²) in [5, 5.41) is 6.78. The molecule has 0 spiro atoms. The van der Waals surface area contributed by atoms with E-state index in [1.807, 2.05) is 35.2 Å². The molecule has 2 amide bonds. The van der Waals surface area contributed by atoms with Crippen LogP contribution in [0.15, 0.2) is 59.8 Å². The summed E-state index contributed by atoms with van der Waals surface area (Å²) >= 11 is 0. The lowest BCUT2D eigenvalue weighted by Crippen LogP contribution is -2.29. The van der Waals surface area contributed by atoms with E-state index in [4.69, 9.17) is 4.84 Å². The Morgan fingerprint density at radius 2 is 1.70 bits per heavy atom.